The molecular weight excluding hydrogens is 250 g/mol. The Hall–Kier alpha value is -1.06. The summed E-state index contributed by atoms with van der Waals surface area (Å²) in [7, 11) is 0. The van der Waals surface area contributed by atoms with E-state index in [-0.39, 0.29) is 6.61 Å². The minimum absolute atomic E-state index is 0.271. The zero-order valence-electron chi connectivity index (χ0n) is 12.9. The Morgan fingerprint density at radius 3 is 2.60 bits per heavy atom. The highest BCUT2D eigenvalue weighted by molar-refractivity contribution is 5.27. The fourth-order valence-corrected chi connectivity index (χ4v) is 2.03. The van der Waals surface area contributed by atoms with Gasteiger partial charge in [-0.25, -0.2) is 0 Å². The largest absolute Gasteiger partial charge is 0.494 e. The Morgan fingerprint density at radius 1 is 1.20 bits per heavy atom. The van der Waals surface area contributed by atoms with Crippen LogP contribution >= 0.6 is 0 Å². The Morgan fingerprint density at radius 2 is 1.95 bits per heavy atom. The van der Waals surface area contributed by atoms with Gasteiger partial charge in [0.25, 0.3) is 0 Å². The van der Waals surface area contributed by atoms with Crippen molar-refractivity contribution in [3.63, 3.8) is 0 Å². The van der Waals surface area contributed by atoms with E-state index >= 15 is 0 Å². The molecule has 1 rings (SSSR count). The van der Waals surface area contributed by atoms with Gasteiger partial charge in [0.1, 0.15) is 5.75 Å². The van der Waals surface area contributed by atoms with Gasteiger partial charge in [-0.15, -0.1) is 0 Å². The SMILES string of the molecule is CCCCCOc1ccc(CNCC(C)CCO)cc1. The first-order valence-electron chi connectivity index (χ1n) is 7.79. The lowest BCUT2D eigenvalue weighted by molar-refractivity contribution is 0.260. The second kappa shape index (κ2) is 10.7. The maximum Gasteiger partial charge on any atom is 0.119 e. The van der Waals surface area contributed by atoms with E-state index in [2.05, 4.69) is 31.3 Å². The molecule has 1 aromatic rings. The normalized spacial score (nSPS) is 12.3. The highest BCUT2D eigenvalue weighted by Gasteiger charge is 2.01. The molecule has 114 valence electrons. The molecule has 0 aliphatic heterocycles. The van der Waals surface area contributed by atoms with Crippen molar-refractivity contribution < 1.29 is 9.84 Å². The molecular formula is C17H29NO2. The summed E-state index contributed by atoms with van der Waals surface area (Å²) in [5.74, 6) is 1.47. The van der Waals surface area contributed by atoms with E-state index in [0.717, 1.165) is 38.3 Å². The van der Waals surface area contributed by atoms with Gasteiger partial charge in [-0.05, 0) is 43.0 Å². The number of unbranched alkanes of at least 4 members (excludes halogenated alkanes) is 2. The smallest absolute Gasteiger partial charge is 0.119 e. The van der Waals surface area contributed by atoms with Gasteiger partial charge >= 0.3 is 0 Å². The molecule has 0 aliphatic rings. The van der Waals surface area contributed by atoms with E-state index in [4.69, 9.17) is 9.84 Å². The van der Waals surface area contributed by atoms with E-state index < -0.39 is 0 Å². The minimum atomic E-state index is 0.271. The van der Waals surface area contributed by atoms with Crippen LogP contribution in [0.1, 0.15) is 45.1 Å². The van der Waals surface area contributed by atoms with Gasteiger partial charge < -0.3 is 15.2 Å². The number of rotatable bonds is 11. The number of nitrogens with one attached hydrogen (secondary N) is 1. The summed E-state index contributed by atoms with van der Waals surface area (Å²) in [6.45, 7) is 7.23. The van der Waals surface area contributed by atoms with Gasteiger partial charge in [-0.3, -0.25) is 0 Å². The van der Waals surface area contributed by atoms with Crippen LogP contribution in [0.3, 0.4) is 0 Å². The van der Waals surface area contributed by atoms with Crippen LogP contribution in [0.15, 0.2) is 24.3 Å². The fraction of sp³-hybridized carbons (Fsp3) is 0.647. The summed E-state index contributed by atoms with van der Waals surface area (Å²) in [6, 6.07) is 8.30. The molecule has 0 radical (unpaired) electrons. The van der Waals surface area contributed by atoms with Crippen molar-refractivity contribution in [3.8, 4) is 5.75 Å². The van der Waals surface area contributed by atoms with Gasteiger partial charge in [0.15, 0.2) is 0 Å². The van der Waals surface area contributed by atoms with Crippen LogP contribution in [-0.4, -0.2) is 24.9 Å². The quantitative estimate of drug-likeness (QED) is 0.610. The number of benzene rings is 1. The summed E-state index contributed by atoms with van der Waals surface area (Å²) in [4.78, 5) is 0. The van der Waals surface area contributed by atoms with E-state index in [1.165, 1.54) is 18.4 Å². The van der Waals surface area contributed by atoms with Crippen molar-refractivity contribution in [2.75, 3.05) is 19.8 Å². The molecule has 0 amide bonds. The summed E-state index contributed by atoms with van der Waals surface area (Å²) in [6.07, 6.45) is 4.44. The van der Waals surface area contributed by atoms with Gasteiger partial charge in [0, 0.05) is 13.2 Å². The Labute approximate surface area is 123 Å². The first kappa shape index (κ1) is 17.0. The number of aliphatic hydroxyl groups is 1. The van der Waals surface area contributed by atoms with Crippen molar-refractivity contribution in [1.82, 2.24) is 5.32 Å². The molecule has 0 fully saturated rings. The predicted octanol–water partition coefficient (Wildman–Crippen LogP) is 3.36. The Kier molecular flexibility index (Phi) is 9.09. The van der Waals surface area contributed by atoms with Crippen molar-refractivity contribution in [1.29, 1.82) is 0 Å². The summed E-state index contributed by atoms with van der Waals surface area (Å²) < 4.78 is 5.69. The molecule has 3 heteroatoms. The maximum atomic E-state index is 8.85. The minimum Gasteiger partial charge on any atom is -0.494 e. The maximum absolute atomic E-state index is 8.85. The van der Waals surface area contributed by atoms with Crippen molar-refractivity contribution in [2.45, 2.75) is 46.1 Å². The van der Waals surface area contributed by atoms with E-state index in [1.807, 2.05) is 12.1 Å². The lowest BCUT2D eigenvalue weighted by Crippen LogP contribution is -2.21. The van der Waals surface area contributed by atoms with Crippen LogP contribution in [-0.2, 0) is 6.54 Å². The van der Waals surface area contributed by atoms with Crippen molar-refractivity contribution >= 4 is 0 Å². The Bertz CT molecular complexity index is 337. The van der Waals surface area contributed by atoms with Crippen LogP contribution in [0, 0.1) is 5.92 Å². The topological polar surface area (TPSA) is 41.5 Å². The van der Waals surface area contributed by atoms with Gasteiger partial charge in [-0.2, -0.15) is 0 Å². The molecule has 20 heavy (non-hydrogen) atoms. The second-order valence-electron chi connectivity index (χ2n) is 5.45. The second-order valence-corrected chi connectivity index (χ2v) is 5.45. The fourth-order valence-electron chi connectivity index (χ4n) is 2.03. The molecule has 1 aromatic carbocycles. The molecule has 0 aromatic heterocycles. The monoisotopic (exact) mass is 279 g/mol. The third-order valence-electron chi connectivity index (χ3n) is 3.38. The molecule has 0 spiro atoms. The number of aliphatic hydroxyl groups excluding tert-OH is 1. The van der Waals surface area contributed by atoms with E-state index in [0.29, 0.717) is 5.92 Å². The summed E-state index contributed by atoms with van der Waals surface area (Å²) in [5.41, 5.74) is 1.27. The Balaban J connectivity index is 2.21. The highest BCUT2D eigenvalue weighted by atomic mass is 16.5. The van der Waals surface area contributed by atoms with E-state index in [1.54, 1.807) is 0 Å². The summed E-state index contributed by atoms with van der Waals surface area (Å²) in [5, 5.41) is 12.3. The summed E-state index contributed by atoms with van der Waals surface area (Å²) >= 11 is 0. The third-order valence-corrected chi connectivity index (χ3v) is 3.38. The van der Waals surface area contributed by atoms with Crippen LogP contribution in [0.25, 0.3) is 0 Å². The molecule has 0 saturated carbocycles. The molecule has 1 atom stereocenters. The molecule has 0 aliphatic carbocycles. The lowest BCUT2D eigenvalue weighted by atomic mass is 10.1. The number of ether oxygens (including phenoxy) is 1. The molecule has 2 N–H and O–H groups in total. The lowest BCUT2D eigenvalue weighted by Gasteiger charge is -2.11. The zero-order chi connectivity index (χ0) is 14.6. The average molecular weight is 279 g/mol. The standard InChI is InChI=1S/C17H29NO2/c1-3-4-5-12-20-17-8-6-16(7-9-17)14-18-13-15(2)10-11-19/h6-9,15,18-19H,3-5,10-14H2,1-2H3. The number of hydrogen-bond donors (Lipinski definition) is 2. The number of hydrogen-bond acceptors (Lipinski definition) is 3. The predicted molar refractivity (Wildman–Crippen MR) is 84.0 cm³/mol. The zero-order valence-corrected chi connectivity index (χ0v) is 12.9. The van der Waals surface area contributed by atoms with Crippen LogP contribution < -0.4 is 10.1 Å². The molecule has 1 unspecified atom stereocenters. The molecule has 0 heterocycles. The molecule has 3 nitrogen and oxygen atoms in total. The molecule has 0 saturated heterocycles. The van der Waals surface area contributed by atoms with Gasteiger partial charge in [-0.1, -0.05) is 38.8 Å². The first-order valence-corrected chi connectivity index (χ1v) is 7.79. The first-order chi connectivity index (χ1) is 9.76. The average Bonchev–Trinajstić information content (AvgIpc) is 2.45. The van der Waals surface area contributed by atoms with Crippen LogP contribution in [0.5, 0.6) is 5.75 Å². The van der Waals surface area contributed by atoms with E-state index in [9.17, 15) is 0 Å². The molecule has 0 bridgehead atoms. The van der Waals surface area contributed by atoms with Crippen LogP contribution in [0.4, 0.5) is 0 Å². The van der Waals surface area contributed by atoms with Gasteiger partial charge in [0.05, 0.1) is 6.61 Å². The van der Waals surface area contributed by atoms with Crippen molar-refractivity contribution in [2.24, 2.45) is 5.92 Å². The van der Waals surface area contributed by atoms with Crippen molar-refractivity contribution in [3.05, 3.63) is 29.8 Å². The highest BCUT2D eigenvalue weighted by Crippen LogP contribution is 2.13. The third kappa shape index (κ3) is 7.51. The van der Waals surface area contributed by atoms with Gasteiger partial charge in [0.2, 0.25) is 0 Å². The van der Waals surface area contributed by atoms with Crippen LogP contribution in [0.2, 0.25) is 0 Å².